The molecule has 1 atom stereocenters. The predicted octanol–water partition coefficient (Wildman–Crippen LogP) is 1.59. The smallest absolute Gasteiger partial charge is 0.280 e. The van der Waals surface area contributed by atoms with E-state index in [0.29, 0.717) is 13.1 Å². The molecule has 1 aromatic rings. The van der Waals surface area contributed by atoms with Crippen LogP contribution in [0.3, 0.4) is 0 Å². The highest BCUT2D eigenvalue weighted by molar-refractivity contribution is 7.87. The van der Waals surface area contributed by atoms with Crippen molar-refractivity contribution in [2.75, 3.05) is 13.1 Å². The Labute approximate surface area is 107 Å². The van der Waals surface area contributed by atoms with E-state index in [1.54, 1.807) is 10.6 Å². The van der Waals surface area contributed by atoms with E-state index in [4.69, 9.17) is 4.42 Å². The molecule has 1 aliphatic carbocycles. The summed E-state index contributed by atoms with van der Waals surface area (Å²) >= 11 is 0. The molecule has 5 nitrogen and oxygen atoms in total. The SMILES string of the molecule is O=S(=O)(N[C@@H]1CCCc2occc21)N1CCCC1. The minimum Gasteiger partial charge on any atom is -0.469 e. The van der Waals surface area contributed by atoms with Crippen LogP contribution in [0.2, 0.25) is 0 Å². The van der Waals surface area contributed by atoms with Gasteiger partial charge in [0, 0.05) is 25.1 Å². The highest BCUT2D eigenvalue weighted by Gasteiger charge is 2.31. The van der Waals surface area contributed by atoms with Gasteiger partial charge in [-0.25, -0.2) is 0 Å². The van der Waals surface area contributed by atoms with Gasteiger partial charge in [-0.1, -0.05) is 0 Å². The summed E-state index contributed by atoms with van der Waals surface area (Å²) in [6, 6.07) is 1.75. The van der Waals surface area contributed by atoms with Crippen LogP contribution in [0.25, 0.3) is 0 Å². The Morgan fingerprint density at radius 1 is 1.28 bits per heavy atom. The summed E-state index contributed by atoms with van der Waals surface area (Å²) in [6.45, 7) is 1.28. The van der Waals surface area contributed by atoms with Crippen LogP contribution >= 0.6 is 0 Å². The molecule has 0 spiro atoms. The van der Waals surface area contributed by atoms with Crippen LogP contribution < -0.4 is 4.72 Å². The Hall–Kier alpha value is -0.850. The molecule has 0 unspecified atom stereocenters. The summed E-state index contributed by atoms with van der Waals surface area (Å²) in [4.78, 5) is 0. The van der Waals surface area contributed by atoms with Gasteiger partial charge in [0.15, 0.2) is 0 Å². The number of nitrogens with one attached hydrogen (secondary N) is 1. The van der Waals surface area contributed by atoms with E-state index in [1.165, 1.54) is 0 Å². The number of rotatable bonds is 3. The largest absolute Gasteiger partial charge is 0.469 e. The molecule has 1 fully saturated rings. The molecule has 0 bridgehead atoms. The first-order valence-electron chi connectivity index (χ1n) is 6.50. The van der Waals surface area contributed by atoms with Gasteiger partial charge in [-0.15, -0.1) is 0 Å². The second-order valence-electron chi connectivity index (χ2n) is 4.97. The molecule has 3 rings (SSSR count). The van der Waals surface area contributed by atoms with Gasteiger partial charge >= 0.3 is 0 Å². The summed E-state index contributed by atoms with van der Waals surface area (Å²) in [5, 5.41) is 0. The molecular formula is C12H18N2O3S. The second kappa shape index (κ2) is 4.68. The average Bonchev–Trinajstić information content (AvgIpc) is 3.00. The molecule has 1 saturated heterocycles. The maximum Gasteiger partial charge on any atom is 0.280 e. The topological polar surface area (TPSA) is 62.6 Å². The number of hydrogen-bond donors (Lipinski definition) is 1. The fourth-order valence-electron chi connectivity index (χ4n) is 2.79. The first-order valence-corrected chi connectivity index (χ1v) is 7.94. The monoisotopic (exact) mass is 270 g/mol. The highest BCUT2D eigenvalue weighted by Crippen LogP contribution is 2.31. The number of nitrogens with zero attached hydrogens (tertiary/aromatic N) is 1. The summed E-state index contributed by atoms with van der Waals surface area (Å²) in [7, 11) is -3.34. The molecule has 100 valence electrons. The van der Waals surface area contributed by atoms with Crippen LogP contribution in [-0.2, 0) is 16.6 Å². The Bertz CT molecular complexity index is 517. The summed E-state index contributed by atoms with van der Waals surface area (Å²) in [5.74, 6) is 0.926. The number of furan rings is 1. The normalized spacial score (nSPS) is 25.2. The molecule has 18 heavy (non-hydrogen) atoms. The molecule has 0 radical (unpaired) electrons. The molecule has 0 aromatic carbocycles. The Kier molecular flexibility index (Phi) is 3.17. The van der Waals surface area contributed by atoms with E-state index in [2.05, 4.69) is 4.72 Å². The first kappa shape index (κ1) is 12.2. The minimum absolute atomic E-state index is 0.127. The number of hydrogen-bond acceptors (Lipinski definition) is 3. The van der Waals surface area contributed by atoms with Crippen LogP contribution in [0, 0.1) is 0 Å². The number of fused-ring (bicyclic) bond motifs is 1. The lowest BCUT2D eigenvalue weighted by atomic mass is 9.94. The zero-order valence-electron chi connectivity index (χ0n) is 10.3. The van der Waals surface area contributed by atoms with Crippen LogP contribution in [0.1, 0.15) is 43.0 Å². The van der Waals surface area contributed by atoms with Crippen molar-refractivity contribution in [1.82, 2.24) is 9.03 Å². The minimum atomic E-state index is -3.34. The van der Waals surface area contributed by atoms with Gasteiger partial charge in [0.05, 0.1) is 12.3 Å². The summed E-state index contributed by atoms with van der Waals surface area (Å²) in [5.41, 5.74) is 1.00. The third-order valence-corrected chi connectivity index (χ3v) is 5.38. The number of aryl methyl sites for hydroxylation is 1. The van der Waals surface area contributed by atoms with Gasteiger partial charge in [-0.3, -0.25) is 0 Å². The molecule has 1 aliphatic heterocycles. The van der Waals surface area contributed by atoms with E-state index in [-0.39, 0.29) is 6.04 Å². The van der Waals surface area contributed by atoms with Gasteiger partial charge < -0.3 is 4.42 Å². The summed E-state index contributed by atoms with van der Waals surface area (Å²) < 4.78 is 34.2. The molecule has 0 amide bonds. The fourth-order valence-corrected chi connectivity index (χ4v) is 4.28. The maximum absolute atomic E-state index is 12.2. The third kappa shape index (κ3) is 2.20. The van der Waals surface area contributed by atoms with E-state index in [9.17, 15) is 8.42 Å². The van der Waals surface area contributed by atoms with Gasteiger partial charge in [-0.2, -0.15) is 17.4 Å². The lowest BCUT2D eigenvalue weighted by Crippen LogP contribution is -2.41. The van der Waals surface area contributed by atoms with Gasteiger partial charge in [0.25, 0.3) is 10.2 Å². The van der Waals surface area contributed by atoms with Crippen molar-refractivity contribution in [1.29, 1.82) is 0 Å². The van der Waals surface area contributed by atoms with Crippen molar-refractivity contribution in [2.24, 2.45) is 0 Å². The third-order valence-electron chi connectivity index (χ3n) is 3.75. The zero-order chi connectivity index (χ0) is 12.6. The quantitative estimate of drug-likeness (QED) is 0.907. The van der Waals surface area contributed by atoms with Gasteiger partial charge in [-0.05, 0) is 31.7 Å². The van der Waals surface area contributed by atoms with E-state index in [0.717, 1.165) is 43.4 Å². The Morgan fingerprint density at radius 2 is 2.06 bits per heavy atom. The molecule has 1 aromatic heterocycles. The predicted molar refractivity (Wildman–Crippen MR) is 67.2 cm³/mol. The molecule has 1 N–H and O–H groups in total. The van der Waals surface area contributed by atoms with Gasteiger partial charge in [0.2, 0.25) is 0 Å². The first-order chi connectivity index (χ1) is 8.67. The van der Waals surface area contributed by atoms with Crippen molar-refractivity contribution in [2.45, 2.75) is 38.1 Å². The lowest BCUT2D eigenvalue weighted by molar-refractivity contribution is 0.418. The zero-order valence-corrected chi connectivity index (χ0v) is 11.1. The van der Waals surface area contributed by atoms with Crippen molar-refractivity contribution in [3.8, 4) is 0 Å². The molecule has 0 saturated carbocycles. The Morgan fingerprint density at radius 3 is 2.83 bits per heavy atom. The average molecular weight is 270 g/mol. The van der Waals surface area contributed by atoms with Gasteiger partial charge in [0.1, 0.15) is 5.76 Å². The molecule has 2 aliphatic rings. The van der Waals surface area contributed by atoms with Crippen LogP contribution in [0.15, 0.2) is 16.7 Å². The Balaban J connectivity index is 1.78. The highest BCUT2D eigenvalue weighted by atomic mass is 32.2. The second-order valence-corrected chi connectivity index (χ2v) is 6.68. The van der Waals surface area contributed by atoms with Crippen molar-refractivity contribution < 1.29 is 12.8 Å². The van der Waals surface area contributed by atoms with Crippen LogP contribution in [0.5, 0.6) is 0 Å². The molecular weight excluding hydrogens is 252 g/mol. The summed E-state index contributed by atoms with van der Waals surface area (Å²) in [6.07, 6.45) is 6.29. The maximum atomic E-state index is 12.2. The van der Waals surface area contributed by atoms with Crippen LogP contribution in [-0.4, -0.2) is 25.8 Å². The fraction of sp³-hybridized carbons (Fsp3) is 0.667. The molecule has 6 heteroatoms. The van der Waals surface area contributed by atoms with E-state index >= 15 is 0 Å². The van der Waals surface area contributed by atoms with Crippen molar-refractivity contribution in [3.63, 3.8) is 0 Å². The van der Waals surface area contributed by atoms with Crippen molar-refractivity contribution >= 4 is 10.2 Å². The van der Waals surface area contributed by atoms with E-state index in [1.807, 2.05) is 6.07 Å². The van der Waals surface area contributed by atoms with E-state index < -0.39 is 10.2 Å². The van der Waals surface area contributed by atoms with Crippen molar-refractivity contribution in [3.05, 3.63) is 23.7 Å². The standard InChI is InChI=1S/C12H18N2O3S/c15-18(16,14-7-1-2-8-14)13-11-4-3-5-12-10(11)6-9-17-12/h6,9,11,13H,1-5,7-8H2/t11-/m1/s1. The molecule has 2 heterocycles. The van der Waals surface area contributed by atoms with Crippen LogP contribution in [0.4, 0.5) is 0 Å². The lowest BCUT2D eigenvalue weighted by Gasteiger charge is -2.25.